The molecule has 1 aromatic rings. The maximum Gasteiger partial charge on any atom is 0.332 e. The first-order chi connectivity index (χ1) is 10.1. The van der Waals surface area contributed by atoms with E-state index in [1.165, 1.54) is 0 Å². The van der Waals surface area contributed by atoms with Crippen molar-refractivity contribution >= 4 is 11.9 Å². The van der Waals surface area contributed by atoms with Crippen LogP contribution in [0.25, 0.3) is 0 Å². The molecule has 0 bridgehead atoms. The Labute approximate surface area is 124 Å². The van der Waals surface area contributed by atoms with Gasteiger partial charge in [0.15, 0.2) is 11.5 Å². The van der Waals surface area contributed by atoms with Crippen LogP contribution in [0.3, 0.4) is 0 Å². The van der Waals surface area contributed by atoms with Crippen LogP contribution in [0.4, 0.5) is 0 Å². The molecule has 6 heteroatoms. The molecule has 0 aliphatic heterocycles. The lowest BCUT2D eigenvalue weighted by molar-refractivity contribution is -0.158. The molecule has 0 saturated carbocycles. The second kappa shape index (κ2) is 8.84. The van der Waals surface area contributed by atoms with Gasteiger partial charge in [0, 0.05) is 6.42 Å². The molecule has 1 amide bonds. The van der Waals surface area contributed by atoms with E-state index in [1.807, 2.05) is 19.1 Å². The van der Waals surface area contributed by atoms with E-state index >= 15 is 0 Å². The van der Waals surface area contributed by atoms with Gasteiger partial charge in [-0.05, 0) is 31.0 Å². The van der Waals surface area contributed by atoms with Crippen molar-refractivity contribution < 1.29 is 23.9 Å². The normalized spacial score (nSPS) is 9.86. The van der Waals surface area contributed by atoms with Gasteiger partial charge in [-0.2, -0.15) is 5.48 Å². The lowest BCUT2D eigenvalue weighted by atomic mass is 10.1. The van der Waals surface area contributed by atoms with Gasteiger partial charge in [0.1, 0.15) is 0 Å². The monoisotopic (exact) mass is 295 g/mol. The van der Waals surface area contributed by atoms with E-state index in [2.05, 4.69) is 10.3 Å². The van der Waals surface area contributed by atoms with Crippen molar-refractivity contribution in [2.24, 2.45) is 0 Å². The number of hydrogen-bond acceptors (Lipinski definition) is 5. The third-order valence-corrected chi connectivity index (χ3v) is 2.75. The molecule has 0 heterocycles. The predicted molar refractivity (Wildman–Crippen MR) is 77.0 cm³/mol. The van der Waals surface area contributed by atoms with Gasteiger partial charge in [-0.15, -0.1) is 0 Å². The fourth-order valence-electron chi connectivity index (χ4n) is 1.63. The first kappa shape index (κ1) is 16.8. The van der Waals surface area contributed by atoms with Gasteiger partial charge in [0.25, 0.3) is 5.91 Å². The number of nitrogens with one attached hydrogen (secondary N) is 1. The Morgan fingerprint density at radius 1 is 1.19 bits per heavy atom. The average Bonchev–Trinajstić information content (AvgIpc) is 2.51. The molecule has 0 aliphatic carbocycles. The van der Waals surface area contributed by atoms with Gasteiger partial charge >= 0.3 is 5.97 Å². The highest BCUT2D eigenvalue weighted by molar-refractivity contribution is 5.77. The van der Waals surface area contributed by atoms with E-state index in [-0.39, 0.29) is 18.7 Å². The number of hydrogen-bond donors (Lipinski definition) is 1. The zero-order valence-electron chi connectivity index (χ0n) is 12.6. The summed E-state index contributed by atoms with van der Waals surface area (Å²) in [6, 6.07) is 5.49. The Bertz CT molecular complexity index is 487. The van der Waals surface area contributed by atoms with Gasteiger partial charge < -0.3 is 14.3 Å². The van der Waals surface area contributed by atoms with Crippen LogP contribution < -0.4 is 15.0 Å². The molecule has 1 rings (SSSR count). The number of ether oxygens (including phenoxy) is 2. The van der Waals surface area contributed by atoms with Crippen LogP contribution in [0.2, 0.25) is 0 Å². The molecule has 116 valence electrons. The second-order valence-electron chi connectivity index (χ2n) is 4.27. The molecule has 0 aromatic heterocycles. The summed E-state index contributed by atoms with van der Waals surface area (Å²) in [4.78, 5) is 27.1. The number of rotatable bonds is 7. The van der Waals surface area contributed by atoms with Crippen molar-refractivity contribution in [2.75, 3.05) is 13.7 Å². The summed E-state index contributed by atoms with van der Waals surface area (Å²) in [6.45, 7) is 4.10. The van der Waals surface area contributed by atoms with Crippen molar-refractivity contribution in [1.82, 2.24) is 5.48 Å². The van der Waals surface area contributed by atoms with Crippen molar-refractivity contribution in [1.29, 1.82) is 0 Å². The third-order valence-electron chi connectivity index (χ3n) is 2.75. The van der Waals surface area contributed by atoms with Crippen LogP contribution in [0, 0.1) is 0 Å². The summed E-state index contributed by atoms with van der Waals surface area (Å²) in [5.74, 6) is 0.487. The topological polar surface area (TPSA) is 73.9 Å². The summed E-state index contributed by atoms with van der Waals surface area (Å²) in [5, 5.41) is 0. The van der Waals surface area contributed by atoms with E-state index in [9.17, 15) is 9.59 Å². The Hall–Kier alpha value is -2.24. The Kier molecular flexibility index (Phi) is 7.08. The summed E-state index contributed by atoms with van der Waals surface area (Å²) in [6.07, 6.45) is 0.927. The maximum atomic E-state index is 11.5. The fraction of sp³-hybridized carbons (Fsp3) is 0.467. The highest BCUT2D eigenvalue weighted by Gasteiger charge is 2.09. The zero-order chi connectivity index (χ0) is 15.7. The number of amides is 1. The van der Waals surface area contributed by atoms with Crippen molar-refractivity contribution in [2.45, 2.75) is 33.1 Å². The Balaban J connectivity index is 2.53. The fourth-order valence-corrected chi connectivity index (χ4v) is 1.63. The van der Waals surface area contributed by atoms with Crippen molar-refractivity contribution in [3.05, 3.63) is 23.8 Å². The number of aryl methyl sites for hydroxylation is 1. The molecule has 0 spiro atoms. The summed E-state index contributed by atoms with van der Waals surface area (Å²) < 4.78 is 10.7. The van der Waals surface area contributed by atoms with Crippen LogP contribution in [0.15, 0.2) is 18.2 Å². The lowest BCUT2D eigenvalue weighted by Crippen LogP contribution is -2.26. The van der Waals surface area contributed by atoms with Gasteiger partial charge in [-0.25, -0.2) is 4.79 Å². The van der Waals surface area contributed by atoms with Gasteiger partial charge in [0.05, 0.1) is 20.1 Å². The number of benzene rings is 1. The SMILES string of the molecule is CCOc1cc(CCC(=O)ONC(=O)CC)ccc1OC. The highest BCUT2D eigenvalue weighted by Crippen LogP contribution is 2.28. The van der Waals surface area contributed by atoms with E-state index in [0.29, 0.717) is 24.5 Å². The summed E-state index contributed by atoms with van der Waals surface area (Å²) >= 11 is 0. The van der Waals surface area contributed by atoms with Gasteiger partial charge in [0.2, 0.25) is 0 Å². The number of carbonyl (C=O) groups excluding carboxylic acids is 2. The Morgan fingerprint density at radius 2 is 1.95 bits per heavy atom. The zero-order valence-corrected chi connectivity index (χ0v) is 12.6. The predicted octanol–water partition coefficient (Wildman–Crippen LogP) is 2.01. The molecule has 0 atom stereocenters. The molecule has 1 N–H and O–H groups in total. The number of methoxy groups -OCH3 is 1. The van der Waals surface area contributed by atoms with Crippen LogP contribution in [-0.4, -0.2) is 25.6 Å². The van der Waals surface area contributed by atoms with Crippen molar-refractivity contribution in [3.8, 4) is 11.5 Å². The quantitative estimate of drug-likeness (QED) is 0.779. The van der Waals surface area contributed by atoms with Crippen LogP contribution in [0.5, 0.6) is 11.5 Å². The lowest BCUT2D eigenvalue weighted by Gasteiger charge is -2.11. The molecule has 0 fully saturated rings. The molecular formula is C15H21NO5. The smallest absolute Gasteiger partial charge is 0.332 e. The molecule has 6 nitrogen and oxygen atoms in total. The number of carbonyl (C=O) groups is 2. The molecular weight excluding hydrogens is 274 g/mol. The second-order valence-corrected chi connectivity index (χ2v) is 4.27. The van der Waals surface area contributed by atoms with E-state index in [0.717, 1.165) is 5.56 Å². The largest absolute Gasteiger partial charge is 0.493 e. The van der Waals surface area contributed by atoms with Crippen LogP contribution >= 0.6 is 0 Å². The van der Waals surface area contributed by atoms with E-state index in [4.69, 9.17) is 9.47 Å². The maximum absolute atomic E-state index is 11.5. The number of hydroxylamine groups is 1. The average molecular weight is 295 g/mol. The van der Waals surface area contributed by atoms with Crippen LogP contribution in [-0.2, 0) is 20.8 Å². The van der Waals surface area contributed by atoms with Crippen molar-refractivity contribution in [3.63, 3.8) is 0 Å². The highest BCUT2D eigenvalue weighted by atomic mass is 16.7. The molecule has 0 unspecified atom stereocenters. The summed E-state index contributed by atoms with van der Waals surface area (Å²) in [5.41, 5.74) is 3.01. The minimum absolute atomic E-state index is 0.169. The minimum Gasteiger partial charge on any atom is -0.493 e. The van der Waals surface area contributed by atoms with E-state index in [1.54, 1.807) is 20.1 Å². The molecule has 21 heavy (non-hydrogen) atoms. The standard InChI is InChI=1S/C15H21NO5/c1-4-14(17)16-21-15(18)9-7-11-6-8-12(19-3)13(10-11)20-5-2/h6,8,10H,4-5,7,9H2,1-3H3,(H,16,17). The first-order valence-corrected chi connectivity index (χ1v) is 6.88. The van der Waals surface area contributed by atoms with Crippen LogP contribution in [0.1, 0.15) is 32.3 Å². The first-order valence-electron chi connectivity index (χ1n) is 6.88. The van der Waals surface area contributed by atoms with Gasteiger partial charge in [-0.1, -0.05) is 13.0 Å². The Morgan fingerprint density at radius 3 is 2.57 bits per heavy atom. The molecule has 0 radical (unpaired) electrons. The minimum atomic E-state index is -0.481. The summed E-state index contributed by atoms with van der Waals surface area (Å²) in [7, 11) is 1.57. The third kappa shape index (κ3) is 5.72. The molecule has 0 aliphatic rings. The molecule has 1 aromatic carbocycles. The molecule has 0 saturated heterocycles. The van der Waals surface area contributed by atoms with Gasteiger partial charge in [-0.3, -0.25) is 4.79 Å². The van der Waals surface area contributed by atoms with E-state index < -0.39 is 5.97 Å².